The van der Waals surface area contributed by atoms with Gasteiger partial charge >= 0.3 is 0 Å². The highest BCUT2D eigenvalue weighted by Crippen LogP contribution is 2.29. The minimum absolute atomic E-state index is 0.213. The van der Waals surface area contributed by atoms with Crippen LogP contribution in [0.3, 0.4) is 0 Å². The van der Waals surface area contributed by atoms with E-state index < -0.39 is 0 Å². The number of rotatable bonds is 6. The normalized spacial score (nSPS) is 12.6. The van der Waals surface area contributed by atoms with E-state index in [2.05, 4.69) is 13.8 Å². The third-order valence-corrected chi connectivity index (χ3v) is 3.11. The van der Waals surface area contributed by atoms with E-state index in [-0.39, 0.29) is 6.04 Å². The van der Waals surface area contributed by atoms with Gasteiger partial charge in [0.15, 0.2) is 0 Å². The Morgan fingerprint density at radius 3 is 2.06 bits per heavy atom. The van der Waals surface area contributed by atoms with Gasteiger partial charge in [-0.3, -0.25) is 0 Å². The van der Waals surface area contributed by atoms with Gasteiger partial charge in [0.25, 0.3) is 0 Å². The van der Waals surface area contributed by atoms with Gasteiger partial charge in [0, 0.05) is 11.6 Å². The molecule has 3 nitrogen and oxygen atoms in total. The fourth-order valence-corrected chi connectivity index (χ4v) is 1.82. The quantitative estimate of drug-likeness (QED) is 0.827. The molecule has 0 fully saturated rings. The van der Waals surface area contributed by atoms with Crippen LogP contribution in [-0.4, -0.2) is 20.3 Å². The summed E-state index contributed by atoms with van der Waals surface area (Å²) in [6, 6.07) is 6.06. The monoisotopic (exact) mass is 237 g/mol. The van der Waals surface area contributed by atoms with Crippen molar-refractivity contribution in [3.63, 3.8) is 0 Å². The Morgan fingerprint density at radius 1 is 1.12 bits per heavy atom. The van der Waals surface area contributed by atoms with Gasteiger partial charge in [-0.15, -0.1) is 0 Å². The molecule has 17 heavy (non-hydrogen) atoms. The molecule has 0 aromatic heterocycles. The Morgan fingerprint density at radius 2 is 1.65 bits per heavy atom. The maximum Gasteiger partial charge on any atom is 0.125 e. The highest BCUT2D eigenvalue weighted by Gasteiger charge is 2.13. The summed E-state index contributed by atoms with van der Waals surface area (Å²) in [6.45, 7) is 4.29. The van der Waals surface area contributed by atoms with Crippen LogP contribution >= 0.6 is 0 Å². The Kier molecular flexibility index (Phi) is 5.29. The molecule has 0 aliphatic carbocycles. The largest absolute Gasteiger partial charge is 0.496 e. The Labute approximate surface area is 104 Å². The minimum atomic E-state index is 0.213. The molecule has 2 N–H and O–H groups in total. The zero-order chi connectivity index (χ0) is 12.8. The molecule has 0 bridgehead atoms. The molecule has 0 radical (unpaired) electrons. The zero-order valence-electron chi connectivity index (χ0n) is 11.2. The minimum Gasteiger partial charge on any atom is -0.496 e. The molecular formula is C14H23NO2. The molecule has 0 saturated carbocycles. The summed E-state index contributed by atoms with van der Waals surface area (Å²) in [5, 5.41) is 0. The van der Waals surface area contributed by atoms with Crippen molar-refractivity contribution in [1.82, 2.24) is 0 Å². The fourth-order valence-electron chi connectivity index (χ4n) is 1.82. The Balaban J connectivity index is 2.81. The van der Waals surface area contributed by atoms with E-state index in [0.717, 1.165) is 29.9 Å². The first-order valence-electron chi connectivity index (χ1n) is 6.05. The molecule has 1 unspecified atom stereocenters. The van der Waals surface area contributed by atoms with E-state index in [1.165, 1.54) is 0 Å². The maximum absolute atomic E-state index is 6.07. The second-order valence-electron chi connectivity index (χ2n) is 4.59. The van der Waals surface area contributed by atoms with E-state index in [9.17, 15) is 0 Å². The first kappa shape index (κ1) is 13.8. The predicted molar refractivity (Wildman–Crippen MR) is 70.7 cm³/mol. The smallest absolute Gasteiger partial charge is 0.125 e. The number of nitrogens with two attached hydrogens (primary N) is 1. The van der Waals surface area contributed by atoms with Gasteiger partial charge in [-0.2, -0.15) is 0 Å². The van der Waals surface area contributed by atoms with Crippen LogP contribution in [0.15, 0.2) is 18.2 Å². The Hall–Kier alpha value is -1.22. The Bertz CT molecular complexity index is 328. The van der Waals surface area contributed by atoms with Crippen LogP contribution < -0.4 is 15.2 Å². The van der Waals surface area contributed by atoms with Crippen LogP contribution in [0.4, 0.5) is 0 Å². The van der Waals surface area contributed by atoms with E-state index in [1.54, 1.807) is 14.2 Å². The second kappa shape index (κ2) is 6.50. The average Bonchev–Trinajstić information content (AvgIpc) is 2.34. The lowest BCUT2D eigenvalue weighted by Gasteiger charge is -2.18. The van der Waals surface area contributed by atoms with Gasteiger partial charge in [0.05, 0.1) is 14.2 Å². The van der Waals surface area contributed by atoms with Crippen molar-refractivity contribution in [2.45, 2.75) is 32.7 Å². The molecule has 0 spiro atoms. The molecule has 3 heteroatoms. The molecule has 1 aromatic carbocycles. The summed E-state index contributed by atoms with van der Waals surface area (Å²) < 4.78 is 10.7. The van der Waals surface area contributed by atoms with Crippen LogP contribution in [-0.2, 0) is 6.42 Å². The van der Waals surface area contributed by atoms with E-state index >= 15 is 0 Å². The van der Waals surface area contributed by atoms with Gasteiger partial charge in [-0.25, -0.2) is 0 Å². The summed E-state index contributed by atoms with van der Waals surface area (Å²) in [4.78, 5) is 0. The number of hydrogen-bond acceptors (Lipinski definition) is 3. The van der Waals surface area contributed by atoms with Crippen LogP contribution in [0.25, 0.3) is 0 Å². The summed E-state index contributed by atoms with van der Waals surface area (Å²) in [5.41, 5.74) is 7.17. The molecule has 1 aromatic rings. The van der Waals surface area contributed by atoms with Gasteiger partial charge in [0.2, 0.25) is 0 Å². The zero-order valence-corrected chi connectivity index (χ0v) is 11.2. The fraction of sp³-hybridized carbons (Fsp3) is 0.571. The van der Waals surface area contributed by atoms with Gasteiger partial charge in [-0.05, 0) is 30.9 Å². The molecule has 0 amide bonds. The number of methoxy groups -OCH3 is 2. The molecule has 1 rings (SSSR count). The third kappa shape index (κ3) is 3.63. The summed E-state index contributed by atoms with van der Waals surface area (Å²) in [6.07, 6.45) is 1.82. The lowest BCUT2D eigenvalue weighted by molar-refractivity contribution is 0.380. The molecular weight excluding hydrogens is 214 g/mol. The molecule has 96 valence electrons. The van der Waals surface area contributed by atoms with Crippen molar-refractivity contribution in [3.8, 4) is 11.5 Å². The number of hydrogen-bond donors (Lipinski definition) is 1. The van der Waals surface area contributed by atoms with Crippen molar-refractivity contribution < 1.29 is 9.47 Å². The summed E-state index contributed by atoms with van der Waals surface area (Å²) in [7, 11) is 3.36. The van der Waals surface area contributed by atoms with E-state index in [1.807, 2.05) is 18.2 Å². The molecule has 0 heterocycles. The summed E-state index contributed by atoms with van der Waals surface area (Å²) in [5.74, 6) is 2.25. The lowest BCUT2D eigenvalue weighted by atomic mass is 9.97. The van der Waals surface area contributed by atoms with Crippen LogP contribution in [0.2, 0.25) is 0 Å². The van der Waals surface area contributed by atoms with Crippen LogP contribution in [0, 0.1) is 5.92 Å². The number of ether oxygens (including phenoxy) is 2. The molecule has 0 aliphatic rings. The van der Waals surface area contributed by atoms with Crippen molar-refractivity contribution in [1.29, 1.82) is 0 Å². The first-order valence-corrected chi connectivity index (χ1v) is 6.05. The van der Waals surface area contributed by atoms with Gasteiger partial charge in [0.1, 0.15) is 11.5 Å². The van der Waals surface area contributed by atoms with Gasteiger partial charge in [-0.1, -0.05) is 19.9 Å². The van der Waals surface area contributed by atoms with Crippen molar-refractivity contribution >= 4 is 0 Å². The highest BCUT2D eigenvalue weighted by atomic mass is 16.5. The third-order valence-electron chi connectivity index (χ3n) is 3.11. The van der Waals surface area contributed by atoms with Gasteiger partial charge < -0.3 is 15.2 Å². The average molecular weight is 237 g/mol. The predicted octanol–water partition coefficient (Wildman–Crippen LogP) is 2.62. The van der Waals surface area contributed by atoms with Crippen LogP contribution in [0.1, 0.15) is 25.8 Å². The molecule has 0 saturated heterocycles. The first-order chi connectivity index (χ1) is 8.10. The standard InChI is InChI=1S/C14H23NO2/c1-10(2)12(15)9-8-11-13(16-3)6-5-7-14(11)17-4/h5-7,10,12H,8-9,15H2,1-4H3. The second-order valence-corrected chi connectivity index (χ2v) is 4.59. The highest BCUT2D eigenvalue weighted by molar-refractivity contribution is 5.44. The lowest BCUT2D eigenvalue weighted by Crippen LogP contribution is -2.26. The van der Waals surface area contributed by atoms with Crippen molar-refractivity contribution in [2.75, 3.05) is 14.2 Å². The topological polar surface area (TPSA) is 44.5 Å². The summed E-state index contributed by atoms with van der Waals surface area (Å²) >= 11 is 0. The number of benzene rings is 1. The molecule has 0 aliphatic heterocycles. The SMILES string of the molecule is COc1cccc(OC)c1CCC(N)C(C)C. The van der Waals surface area contributed by atoms with E-state index in [0.29, 0.717) is 5.92 Å². The van der Waals surface area contributed by atoms with Crippen molar-refractivity contribution in [2.24, 2.45) is 11.7 Å². The van der Waals surface area contributed by atoms with Crippen molar-refractivity contribution in [3.05, 3.63) is 23.8 Å². The van der Waals surface area contributed by atoms with Crippen LogP contribution in [0.5, 0.6) is 11.5 Å². The van der Waals surface area contributed by atoms with E-state index in [4.69, 9.17) is 15.2 Å². The maximum atomic E-state index is 6.07. The molecule has 1 atom stereocenters.